The van der Waals surface area contributed by atoms with Crippen molar-refractivity contribution in [3.63, 3.8) is 0 Å². The quantitative estimate of drug-likeness (QED) is 0.452. The molecule has 0 atom stereocenters. The van der Waals surface area contributed by atoms with Crippen molar-refractivity contribution in [2.45, 2.75) is 19.6 Å². The van der Waals surface area contributed by atoms with Crippen molar-refractivity contribution in [2.24, 2.45) is 0 Å². The normalized spacial score (nSPS) is 10.5. The fourth-order valence-corrected chi connectivity index (χ4v) is 1.51. The summed E-state index contributed by atoms with van der Waals surface area (Å²) in [6.45, 7) is 6.66. The first-order valence-electron chi connectivity index (χ1n) is 4.27. The number of hydrogen-bond acceptors (Lipinski definition) is 0. The molecule has 1 rings (SSSR count). The zero-order valence-electron chi connectivity index (χ0n) is 8.19. The van der Waals surface area contributed by atoms with Gasteiger partial charge in [-0.3, -0.25) is 0 Å². The van der Waals surface area contributed by atoms with Crippen LogP contribution in [0.2, 0.25) is 24.7 Å². The van der Waals surface area contributed by atoms with Gasteiger partial charge in [-0.15, -0.1) is 5.54 Å². The Balaban J connectivity index is 2.97. The van der Waals surface area contributed by atoms with E-state index < -0.39 is 8.07 Å². The van der Waals surface area contributed by atoms with Crippen LogP contribution in [-0.2, 0) is 0 Å². The van der Waals surface area contributed by atoms with Gasteiger partial charge in [-0.05, 0) is 12.1 Å². The fourth-order valence-electron chi connectivity index (χ4n) is 0.817. The molecule has 13 heavy (non-hydrogen) atoms. The van der Waals surface area contributed by atoms with E-state index in [1.165, 1.54) is 0 Å². The summed E-state index contributed by atoms with van der Waals surface area (Å²) in [5, 5.41) is 0.744. The molecule has 0 unspecified atom stereocenters. The Hall–Kier alpha value is -0.713. The molecule has 0 bridgehead atoms. The summed E-state index contributed by atoms with van der Waals surface area (Å²) in [7, 11) is -1.28. The molecule has 0 nitrogen and oxygen atoms in total. The molecule has 0 aliphatic carbocycles. The van der Waals surface area contributed by atoms with Crippen LogP contribution in [-0.4, -0.2) is 8.07 Å². The minimum atomic E-state index is -1.28. The first-order valence-corrected chi connectivity index (χ1v) is 8.14. The van der Waals surface area contributed by atoms with Gasteiger partial charge in [0.15, 0.2) is 0 Å². The predicted octanol–water partition coefficient (Wildman–Crippen LogP) is 3.57. The van der Waals surface area contributed by atoms with Crippen molar-refractivity contribution in [2.75, 3.05) is 0 Å². The lowest BCUT2D eigenvalue weighted by atomic mass is 10.2. The third-order valence-corrected chi connectivity index (χ3v) is 2.65. The standard InChI is InChI=1S/C11H13ClSi/c1-13(2,3)9-8-10-6-4-5-7-11(10)12/h4-7H,1-3H3. The van der Waals surface area contributed by atoms with E-state index in [2.05, 4.69) is 31.1 Å². The molecule has 0 N–H and O–H groups in total. The molecular formula is C11H13ClSi. The van der Waals surface area contributed by atoms with Gasteiger partial charge in [-0.1, -0.05) is 49.3 Å². The summed E-state index contributed by atoms with van der Waals surface area (Å²) < 4.78 is 0. The Bertz CT molecular complexity index is 352. The van der Waals surface area contributed by atoms with Crippen molar-refractivity contribution < 1.29 is 0 Å². The second-order valence-corrected chi connectivity index (χ2v) is 9.14. The highest BCUT2D eigenvalue weighted by atomic mass is 35.5. The average molecular weight is 209 g/mol. The first-order chi connectivity index (χ1) is 5.99. The Labute approximate surface area is 85.9 Å². The molecule has 68 valence electrons. The maximum Gasteiger partial charge on any atom is 0.129 e. The monoisotopic (exact) mass is 208 g/mol. The lowest BCUT2D eigenvalue weighted by Gasteiger charge is -2.03. The predicted molar refractivity (Wildman–Crippen MR) is 61.7 cm³/mol. The van der Waals surface area contributed by atoms with Crippen molar-refractivity contribution >= 4 is 19.7 Å². The molecule has 0 aliphatic rings. The SMILES string of the molecule is C[Si](C)(C)C#Cc1ccccc1Cl. The second-order valence-electron chi connectivity index (χ2n) is 3.98. The molecule has 2 heteroatoms. The van der Waals surface area contributed by atoms with E-state index in [-0.39, 0.29) is 0 Å². The van der Waals surface area contributed by atoms with Gasteiger partial charge in [0.25, 0.3) is 0 Å². The molecule has 0 heterocycles. The van der Waals surface area contributed by atoms with Crippen LogP contribution in [0.1, 0.15) is 5.56 Å². The molecule has 0 amide bonds. The van der Waals surface area contributed by atoms with Gasteiger partial charge in [-0.2, -0.15) is 0 Å². The second kappa shape index (κ2) is 4.00. The molecule has 1 aromatic carbocycles. The van der Waals surface area contributed by atoms with E-state index in [9.17, 15) is 0 Å². The number of hydrogen-bond donors (Lipinski definition) is 0. The van der Waals surface area contributed by atoms with Gasteiger partial charge >= 0.3 is 0 Å². The summed E-state index contributed by atoms with van der Waals surface area (Å²) >= 11 is 5.97. The van der Waals surface area contributed by atoms with Crippen molar-refractivity contribution in [3.8, 4) is 11.5 Å². The summed E-state index contributed by atoms with van der Waals surface area (Å²) in [4.78, 5) is 0. The van der Waals surface area contributed by atoms with Crippen LogP contribution in [0.25, 0.3) is 0 Å². The van der Waals surface area contributed by atoms with Crippen LogP contribution in [0.3, 0.4) is 0 Å². The lowest BCUT2D eigenvalue weighted by Crippen LogP contribution is -2.16. The van der Waals surface area contributed by atoms with E-state index >= 15 is 0 Å². The third-order valence-electron chi connectivity index (χ3n) is 1.45. The molecule has 0 saturated carbocycles. The molecule has 0 spiro atoms. The molecule has 0 aromatic heterocycles. The van der Waals surface area contributed by atoms with E-state index in [1.807, 2.05) is 24.3 Å². The Morgan fingerprint density at radius 3 is 2.31 bits per heavy atom. The average Bonchev–Trinajstić information content (AvgIpc) is 2.01. The van der Waals surface area contributed by atoms with Gasteiger partial charge < -0.3 is 0 Å². The number of benzene rings is 1. The summed E-state index contributed by atoms with van der Waals surface area (Å²) in [6.07, 6.45) is 0. The number of halogens is 1. The Morgan fingerprint density at radius 2 is 1.77 bits per heavy atom. The van der Waals surface area contributed by atoms with E-state index in [1.54, 1.807) is 0 Å². The molecule has 0 aliphatic heterocycles. The van der Waals surface area contributed by atoms with Crippen LogP contribution in [0.5, 0.6) is 0 Å². The van der Waals surface area contributed by atoms with E-state index in [4.69, 9.17) is 11.6 Å². The maximum absolute atomic E-state index is 5.97. The third kappa shape index (κ3) is 3.67. The van der Waals surface area contributed by atoms with Crippen LogP contribution in [0, 0.1) is 11.5 Å². The molecular weight excluding hydrogens is 196 g/mol. The van der Waals surface area contributed by atoms with Crippen LogP contribution in [0.15, 0.2) is 24.3 Å². The zero-order chi connectivity index (χ0) is 9.90. The molecule has 1 aromatic rings. The van der Waals surface area contributed by atoms with Gasteiger partial charge in [0.05, 0.1) is 5.02 Å². The van der Waals surface area contributed by atoms with E-state index in [0.717, 1.165) is 10.6 Å². The number of rotatable bonds is 0. The lowest BCUT2D eigenvalue weighted by molar-refractivity contribution is 1.64. The van der Waals surface area contributed by atoms with Gasteiger partial charge in [-0.25, -0.2) is 0 Å². The molecule has 0 fully saturated rings. The van der Waals surface area contributed by atoms with Crippen LogP contribution >= 0.6 is 11.6 Å². The minimum absolute atomic E-state index is 0.744. The maximum atomic E-state index is 5.97. The molecule has 0 radical (unpaired) electrons. The smallest absolute Gasteiger partial charge is 0.127 e. The minimum Gasteiger partial charge on any atom is -0.127 e. The van der Waals surface area contributed by atoms with Crippen molar-refractivity contribution in [1.29, 1.82) is 0 Å². The molecule has 0 saturated heterocycles. The highest BCUT2D eigenvalue weighted by Crippen LogP contribution is 2.13. The summed E-state index contributed by atoms with van der Waals surface area (Å²) in [5.41, 5.74) is 4.22. The van der Waals surface area contributed by atoms with E-state index in [0.29, 0.717) is 0 Å². The largest absolute Gasteiger partial charge is 0.129 e. The highest BCUT2D eigenvalue weighted by Gasteiger charge is 2.07. The Kier molecular flexibility index (Phi) is 3.19. The van der Waals surface area contributed by atoms with Crippen LogP contribution < -0.4 is 0 Å². The summed E-state index contributed by atoms with van der Waals surface area (Å²) in [5.74, 6) is 3.13. The fraction of sp³-hybridized carbons (Fsp3) is 0.273. The zero-order valence-corrected chi connectivity index (χ0v) is 9.94. The highest BCUT2D eigenvalue weighted by molar-refractivity contribution is 6.83. The topological polar surface area (TPSA) is 0 Å². The van der Waals surface area contributed by atoms with Gasteiger partial charge in [0, 0.05) is 5.56 Å². The van der Waals surface area contributed by atoms with Gasteiger partial charge in [0.1, 0.15) is 8.07 Å². The van der Waals surface area contributed by atoms with Crippen LogP contribution in [0.4, 0.5) is 0 Å². The Morgan fingerprint density at radius 1 is 1.15 bits per heavy atom. The van der Waals surface area contributed by atoms with Gasteiger partial charge in [0.2, 0.25) is 0 Å². The van der Waals surface area contributed by atoms with Crippen molar-refractivity contribution in [1.82, 2.24) is 0 Å². The first kappa shape index (κ1) is 10.4. The van der Waals surface area contributed by atoms with Crippen molar-refractivity contribution in [3.05, 3.63) is 34.9 Å². The summed E-state index contributed by atoms with van der Waals surface area (Å²) in [6, 6.07) is 7.70.